The van der Waals surface area contributed by atoms with Crippen LogP contribution in [0.25, 0.3) is 0 Å². The summed E-state index contributed by atoms with van der Waals surface area (Å²) >= 11 is 1.43. The van der Waals surface area contributed by atoms with Gasteiger partial charge in [-0.3, -0.25) is 0 Å². The predicted molar refractivity (Wildman–Crippen MR) is 139 cm³/mol. The second kappa shape index (κ2) is 12.6. The highest BCUT2D eigenvalue weighted by Gasteiger charge is 2.24. The Morgan fingerprint density at radius 1 is 1.14 bits per heavy atom. The van der Waals surface area contributed by atoms with Crippen LogP contribution in [-0.4, -0.2) is 36.8 Å². The summed E-state index contributed by atoms with van der Waals surface area (Å²) in [5, 5.41) is 9.38. The molecular weight excluding hydrogens is 496 g/mol. The smallest absolute Gasteiger partial charge is 0.357 e. The molecule has 8 nitrogen and oxygen atoms in total. The van der Waals surface area contributed by atoms with Gasteiger partial charge < -0.3 is 9.30 Å². The number of nitrogens with zero attached hydrogens (tertiary/aromatic N) is 3. The Balaban J connectivity index is 1.92. The number of imidazole rings is 1. The second-order valence-corrected chi connectivity index (χ2v) is 10.6. The second-order valence-electron chi connectivity index (χ2n) is 8.16. The lowest BCUT2D eigenvalue weighted by atomic mass is 10.0. The summed E-state index contributed by atoms with van der Waals surface area (Å²) in [7, 11) is -3.87. The van der Waals surface area contributed by atoms with Gasteiger partial charge in [0.2, 0.25) is 0 Å². The average Bonchev–Trinajstić information content (AvgIpc) is 3.20. The Kier molecular flexibility index (Phi) is 9.56. The number of hydrogen-bond acceptors (Lipinski definition) is 7. The van der Waals surface area contributed by atoms with Crippen LogP contribution in [-0.2, 0) is 34.1 Å². The van der Waals surface area contributed by atoms with Crippen molar-refractivity contribution in [3.05, 3.63) is 76.7 Å². The fourth-order valence-corrected chi connectivity index (χ4v) is 5.29. The van der Waals surface area contributed by atoms with Crippen LogP contribution in [0.1, 0.15) is 59.7 Å². The fourth-order valence-electron chi connectivity index (χ4n) is 3.91. The third-order valence-electron chi connectivity index (χ3n) is 5.56. The van der Waals surface area contributed by atoms with Crippen LogP contribution in [0.5, 0.6) is 0 Å². The highest BCUT2D eigenvalue weighted by Crippen LogP contribution is 2.25. The quantitative estimate of drug-likeness (QED) is 0.160. The Labute approximate surface area is 216 Å². The van der Waals surface area contributed by atoms with Crippen molar-refractivity contribution in [2.75, 3.05) is 12.9 Å². The fraction of sp³-hybridized carbons (Fsp3) is 0.346. The minimum Gasteiger partial charge on any atom is -0.461 e. The highest BCUT2D eigenvalue weighted by atomic mass is 32.2. The molecule has 36 heavy (non-hydrogen) atoms. The molecule has 0 saturated carbocycles. The minimum atomic E-state index is -3.87. The molecule has 0 amide bonds. The highest BCUT2D eigenvalue weighted by molar-refractivity contribution is 7.98. The molecule has 0 bridgehead atoms. The first kappa shape index (κ1) is 27.3. The largest absolute Gasteiger partial charge is 0.461 e. The maximum absolute atomic E-state index is 12.8. The lowest BCUT2D eigenvalue weighted by molar-refractivity contribution is 0.0509. The molecule has 10 heteroatoms. The van der Waals surface area contributed by atoms with Gasteiger partial charge in [-0.15, -0.1) is 11.8 Å². The van der Waals surface area contributed by atoms with E-state index in [9.17, 15) is 13.2 Å². The molecule has 0 aliphatic rings. The van der Waals surface area contributed by atoms with Crippen molar-refractivity contribution in [3.63, 3.8) is 0 Å². The SMILES string of the molecule is CCCCc1nc(SC)c(C(=O)OCC)n1Cc1cccc(Cc2cccc(S(=O)(=O)NC#N)c2)c1. The molecule has 3 rings (SSSR count). The Morgan fingerprint density at radius 2 is 1.83 bits per heavy atom. The van der Waals surface area contributed by atoms with E-state index in [1.54, 1.807) is 19.1 Å². The van der Waals surface area contributed by atoms with E-state index >= 15 is 0 Å². The first-order valence-corrected chi connectivity index (χ1v) is 14.4. The van der Waals surface area contributed by atoms with Crippen molar-refractivity contribution in [1.29, 1.82) is 5.26 Å². The van der Waals surface area contributed by atoms with Gasteiger partial charge in [-0.2, -0.15) is 5.26 Å². The molecule has 0 unspecified atom stereocenters. The zero-order valence-corrected chi connectivity index (χ0v) is 22.3. The number of esters is 1. The molecule has 0 saturated heterocycles. The number of unbranched alkanes of at least 4 members (excludes halogenated alkanes) is 1. The van der Waals surface area contributed by atoms with E-state index < -0.39 is 10.0 Å². The van der Waals surface area contributed by atoms with E-state index in [0.717, 1.165) is 41.8 Å². The molecule has 1 heterocycles. The Hall–Kier alpha value is -3.29. The number of nitriles is 1. The summed E-state index contributed by atoms with van der Waals surface area (Å²) < 4.78 is 33.5. The van der Waals surface area contributed by atoms with Gasteiger partial charge in [0, 0.05) is 13.0 Å². The molecule has 0 spiro atoms. The Bertz CT molecular complexity index is 1360. The van der Waals surface area contributed by atoms with E-state index in [1.807, 2.05) is 45.9 Å². The van der Waals surface area contributed by atoms with Gasteiger partial charge >= 0.3 is 5.97 Å². The summed E-state index contributed by atoms with van der Waals surface area (Å²) in [6, 6.07) is 14.5. The molecule has 2 aromatic carbocycles. The summed E-state index contributed by atoms with van der Waals surface area (Å²) in [5.41, 5.74) is 3.27. The number of aromatic nitrogens is 2. The van der Waals surface area contributed by atoms with Crippen LogP contribution in [0.2, 0.25) is 0 Å². The van der Waals surface area contributed by atoms with E-state index in [0.29, 0.717) is 23.7 Å². The van der Waals surface area contributed by atoms with Gasteiger partial charge in [0.1, 0.15) is 10.9 Å². The van der Waals surface area contributed by atoms with Crippen LogP contribution in [0.15, 0.2) is 58.5 Å². The zero-order valence-electron chi connectivity index (χ0n) is 20.7. The third kappa shape index (κ3) is 6.68. The number of ether oxygens (including phenoxy) is 1. The molecule has 1 N–H and O–H groups in total. The van der Waals surface area contributed by atoms with Gasteiger partial charge in [-0.05, 0) is 54.8 Å². The van der Waals surface area contributed by atoms with Crippen molar-refractivity contribution in [1.82, 2.24) is 14.3 Å². The number of nitrogens with one attached hydrogen (secondary N) is 1. The van der Waals surface area contributed by atoms with E-state index in [4.69, 9.17) is 15.0 Å². The predicted octanol–water partition coefficient (Wildman–Crippen LogP) is 4.52. The zero-order chi connectivity index (χ0) is 26.1. The van der Waals surface area contributed by atoms with Gasteiger partial charge in [0.25, 0.3) is 10.0 Å². The Morgan fingerprint density at radius 3 is 2.50 bits per heavy atom. The minimum absolute atomic E-state index is 0.0420. The van der Waals surface area contributed by atoms with Crippen molar-refractivity contribution in [2.45, 2.75) is 56.0 Å². The van der Waals surface area contributed by atoms with Crippen LogP contribution >= 0.6 is 11.8 Å². The van der Waals surface area contributed by atoms with Gasteiger partial charge in [-0.25, -0.2) is 22.9 Å². The maximum Gasteiger partial charge on any atom is 0.357 e. The van der Waals surface area contributed by atoms with Gasteiger partial charge in [-0.1, -0.05) is 49.7 Å². The molecule has 0 fully saturated rings. The lowest BCUT2D eigenvalue weighted by Gasteiger charge is -2.13. The molecule has 190 valence electrons. The number of carbonyl (C=O) groups excluding carboxylic acids is 1. The maximum atomic E-state index is 12.8. The van der Waals surface area contributed by atoms with Crippen molar-refractivity contribution >= 4 is 27.8 Å². The van der Waals surface area contributed by atoms with Crippen LogP contribution in [0.3, 0.4) is 0 Å². The normalized spacial score (nSPS) is 11.2. The standard InChI is InChI=1S/C26H30N4O4S2/c1-4-6-13-23-29-25(35-3)24(26(31)34-5-2)30(23)17-21-11-7-9-19(15-21)14-20-10-8-12-22(16-20)36(32,33)28-18-27/h7-12,15-16,28H,4-6,13-14,17H2,1-3H3. The van der Waals surface area contributed by atoms with Gasteiger partial charge in [0.15, 0.2) is 11.9 Å². The summed E-state index contributed by atoms with van der Waals surface area (Å²) in [5.74, 6) is 0.481. The molecule has 3 aromatic rings. The number of benzene rings is 2. The van der Waals surface area contributed by atoms with E-state index in [-0.39, 0.29) is 17.5 Å². The molecule has 0 atom stereocenters. The monoisotopic (exact) mass is 526 g/mol. The molecule has 0 aliphatic carbocycles. The molecular formula is C26H30N4O4S2. The number of hydrogen-bond donors (Lipinski definition) is 1. The average molecular weight is 527 g/mol. The summed E-state index contributed by atoms with van der Waals surface area (Å²) in [6.07, 6.45) is 6.63. The van der Waals surface area contributed by atoms with Crippen LogP contribution in [0, 0.1) is 11.5 Å². The molecule has 0 aliphatic heterocycles. The number of rotatable bonds is 12. The number of sulfonamides is 1. The first-order valence-electron chi connectivity index (χ1n) is 11.7. The van der Waals surface area contributed by atoms with Gasteiger partial charge in [0.05, 0.1) is 11.5 Å². The van der Waals surface area contributed by atoms with Crippen LogP contribution in [0.4, 0.5) is 0 Å². The topological polar surface area (TPSA) is 114 Å². The van der Waals surface area contributed by atoms with Crippen molar-refractivity contribution in [2.24, 2.45) is 0 Å². The van der Waals surface area contributed by atoms with E-state index in [2.05, 4.69) is 6.92 Å². The first-order chi connectivity index (χ1) is 17.3. The molecule has 1 aromatic heterocycles. The lowest BCUT2D eigenvalue weighted by Crippen LogP contribution is -2.18. The molecule has 0 radical (unpaired) electrons. The van der Waals surface area contributed by atoms with Crippen LogP contribution < -0.4 is 4.72 Å². The third-order valence-corrected chi connectivity index (χ3v) is 7.47. The van der Waals surface area contributed by atoms with Crippen molar-refractivity contribution < 1.29 is 17.9 Å². The van der Waals surface area contributed by atoms with Crippen molar-refractivity contribution in [3.8, 4) is 6.19 Å². The summed E-state index contributed by atoms with van der Waals surface area (Å²) in [4.78, 5) is 17.6. The number of carbonyl (C=O) groups is 1. The number of thioether (sulfide) groups is 1. The van der Waals surface area contributed by atoms with E-state index in [1.165, 1.54) is 24.0 Å². The summed E-state index contributed by atoms with van der Waals surface area (Å²) in [6.45, 7) is 4.66. The number of aryl methyl sites for hydroxylation is 1.